The Morgan fingerprint density at radius 3 is 2.65 bits per heavy atom. The fourth-order valence-corrected chi connectivity index (χ4v) is 2.71. The lowest BCUT2D eigenvalue weighted by atomic mass is 10.2. The van der Waals surface area contributed by atoms with Gasteiger partial charge in [-0.2, -0.15) is 5.26 Å². The van der Waals surface area contributed by atoms with Crippen LogP contribution in [0.3, 0.4) is 0 Å². The first-order valence-electron chi connectivity index (χ1n) is 6.60. The van der Waals surface area contributed by atoms with E-state index in [-0.39, 0.29) is 0 Å². The Balaban J connectivity index is 1.67. The summed E-state index contributed by atoms with van der Waals surface area (Å²) in [5.41, 5.74) is 1.95. The molecule has 0 aliphatic carbocycles. The molecule has 0 N–H and O–H groups in total. The molecule has 2 rings (SSSR count). The zero-order valence-corrected chi connectivity index (χ0v) is 12.3. The molecule has 3 heteroatoms. The van der Waals surface area contributed by atoms with Gasteiger partial charge in [-0.05, 0) is 49.7 Å². The molecule has 2 aromatic rings. The van der Waals surface area contributed by atoms with Crippen LogP contribution in [-0.2, 0) is 0 Å². The first kappa shape index (κ1) is 14.5. The summed E-state index contributed by atoms with van der Waals surface area (Å²) >= 11 is 1.85. The molecule has 2 nitrogen and oxygen atoms in total. The molecule has 0 fully saturated rings. The molecule has 0 aromatic heterocycles. The van der Waals surface area contributed by atoms with E-state index in [0.717, 1.165) is 17.9 Å². The van der Waals surface area contributed by atoms with Crippen LogP contribution in [-0.4, -0.2) is 12.4 Å². The van der Waals surface area contributed by atoms with E-state index < -0.39 is 0 Å². The molecule has 0 atom stereocenters. The second kappa shape index (κ2) is 7.62. The van der Waals surface area contributed by atoms with Gasteiger partial charge >= 0.3 is 0 Å². The lowest BCUT2D eigenvalue weighted by Crippen LogP contribution is -1.98. The standard InChI is InChI=1S/C17H17NOS/c1-14-4-2-5-17(12-14)20-11-3-10-19-16-8-6-15(13-18)7-9-16/h2,4-9,12H,3,10-11H2,1H3. The Kier molecular flexibility index (Phi) is 5.52. The minimum Gasteiger partial charge on any atom is -0.494 e. The number of thioether (sulfide) groups is 1. The van der Waals surface area contributed by atoms with E-state index >= 15 is 0 Å². The fourth-order valence-electron chi connectivity index (χ4n) is 1.77. The summed E-state index contributed by atoms with van der Waals surface area (Å²) in [7, 11) is 0. The predicted octanol–water partition coefficient (Wildman–Crippen LogP) is 4.43. The van der Waals surface area contributed by atoms with Gasteiger partial charge in [0.2, 0.25) is 0 Å². The van der Waals surface area contributed by atoms with E-state index in [1.807, 2.05) is 23.9 Å². The predicted molar refractivity (Wildman–Crippen MR) is 83.2 cm³/mol. The largest absolute Gasteiger partial charge is 0.494 e. The van der Waals surface area contributed by atoms with Gasteiger partial charge in [0, 0.05) is 10.6 Å². The Hall–Kier alpha value is -1.92. The van der Waals surface area contributed by atoms with E-state index in [0.29, 0.717) is 12.2 Å². The van der Waals surface area contributed by atoms with Gasteiger partial charge in [0.1, 0.15) is 5.75 Å². The first-order valence-corrected chi connectivity index (χ1v) is 7.59. The van der Waals surface area contributed by atoms with Crippen LogP contribution in [0.15, 0.2) is 53.4 Å². The van der Waals surface area contributed by atoms with Gasteiger partial charge < -0.3 is 4.74 Å². The smallest absolute Gasteiger partial charge is 0.119 e. The van der Waals surface area contributed by atoms with Crippen LogP contribution in [0.4, 0.5) is 0 Å². The van der Waals surface area contributed by atoms with E-state index in [9.17, 15) is 0 Å². The molecule has 0 heterocycles. The van der Waals surface area contributed by atoms with Gasteiger partial charge in [0.05, 0.1) is 18.2 Å². The van der Waals surface area contributed by atoms with Crippen molar-refractivity contribution in [2.24, 2.45) is 0 Å². The normalized spacial score (nSPS) is 10.0. The summed E-state index contributed by atoms with van der Waals surface area (Å²) in [6, 6.07) is 17.9. The minimum atomic E-state index is 0.660. The van der Waals surface area contributed by atoms with Crippen molar-refractivity contribution in [1.29, 1.82) is 5.26 Å². The molecule has 0 amide bonds. The van der Waals surface area contributed by atoms with Crippen LogP contribution in [0.25, 0.3) is 0 Å². The summed E-state index contributed by atoms with van der Waals surface area (Å²) in [6.45, 7) is 2.81. The molecular weight excluding hydrogens is 266 g/mol. The highest BCUT2D eigenvalue weighted by atomic mass is 32.2. The minimum absolute atomic E-state index is 0.660. The monoisotopic (exact) mass is 283 g/mol. The van der Waals surface area contributed by atoms with Crippen molar-refractivity contribution in [3.05, 3.63) is 59.7 Å². The van der Waals surface area contributed by atoms with Crippen molar-refractivity contribution in [1.82, 2.24) is 0 Å². The Morgan fingerprint density at radius 1 is 1.15 bits per heavy atom. The number of nitriles is 1. The molecule has 0 unspecified atom stereocenters. The molecule has 0 spiro atoms. The summed E-state index contributed by atoms with van der Waals surface area (Å²) < 4.78 is 5.64. The maximum atomic E-state index is 8.71. The number of nitrogens with zero attached hydrogens (tertiary/aromatic N) is 1. The van der Waals surface area contributed by atoms with Crippen molar-refractivity contribution in [2.75, 3.05) is 12.4 Å². The zero-order chi connectivity index (χ0) is 14.2. The van der Waals surface area contributed by atoms with Crippen LogP contribution in [0, 0.1) is 18.3 Å². The number of aryl methyl sites for hydroxylation is 1. The van der Waals surface area contributed by atoms with Crippen molar-refractivity contribution in [3.63, 3.8) is 0 Å². The molecule has 102 valence electrons. The Labute approximate surface area is 124 Å². The molecule has 0 radical (unpaired) electrons. The summed E-state index contributed by atoms with van der Waals surface area (Å²) in [4.78, 5) is 1.31. The van der Waals surface area contributed by atoms with E-state index in [1.165, 1.54) is 10.5 Å². The number of hydrogen-bond donors (Lipinski definition) is 0. The zero-order valence-electron chi connectivity index (χ0n) is 11.5. The average molecular weight is 283 g/mol. The maximum absolute atomic E-state index is 8.71. The van der Waals surface area contributed by atoms with Crippen LogP contribution in [0.1, 0.15) is 17.5 Å². The molecule has 2 aromatic carbocycles. The number of benzene rings is 2. The third kappa shape index (κ3) is 4.64. The quantitative estimate of drug-likeness (QED) is 0.581. The Morgan fingerprint density at radius 2 is 1.95 bits per heavy atom. The number of ether oxygens (including phenoxy) is 1. The van der Waals surface area contributed by atoms with Gasteiger partial charge in [0.15, 0.2) is 0 Å². The van der Waals surface area contributed by atoms with Crippen LogP contribution >= 0.6 is 11.8 Å². The number of hydrogen-bond acceptors (Lipinski definition) is 3. The van der Waals surface area contributed by atoms with Crippen LogP contribution in [0.2, 0.25) is 0 Å². The topological polar surface area (TPSA) is 33.0 Å². The van der Waals surface area contributed by atoms with Gasteiger partial charge in [-0.15, -0.1) is 11.8 Å². The van der Waals surface area contributed by atoms with Crippen LogP contribution < -0.4 is 4.74 Å². The van der Waals surface area contributed by atoms with E-state index in [2.05, 4.69) is 37.3 Å². The lowest BCUT2D eigenvalue weighted by molar-refractivity contribution is 0.318. The highest BCUT2D eigenvalue weighted by Gasteiger charge is 1.97. The highest BCUT2D eigenvalue weighted by molar-refractivity contribution is 7.99. The maximum Gasteiger partial charge on any atom is 0.119 e. The first-order chi connectivity index (χ1) is 9.78. The van der Waals surface area contributed by atoms with Gasteiger partial charge in [-0.1, -0.05) is 17.7 Å². The molecular formula is C17H17NOS. The number of rotatable bonds is 6. The second-order valence-electron chi connectivity index (χ2n) is 4.50. The molecule has 20 heavy (non-hydrogen) atoms. The molecule has 0 aliphatic rings. The summed E-state index contributed by atoms with van der Waals surface area (Å²) in [5.74, 6) is 1.87. The lowest BCUT2D eigenvalue weighted by Gasteiger charge is -2.06. The Bertz CT molecular complexity index is 587. The third-order valence-electron chi connectivity index (χ3n) is 2.80. The summed E-state index contributed by atoms with van der Waals surface area (Å²) in [6.07, 6.45) is 0.999. The second-order valence-corrected chi connectivity index (χ2v) is 5.67. The molecule has 0 saturated heterocycles. The van der Waals surface area contributed by atoms with Crippen molar-refractivity contribution in [2.45, 2.75) is 18.2 Å². The molecule has 0 aliphatic heterocycles. The molecule has 0 saturated carbocycles. The third-order valence-corrected chi connectivity index (χ3v) is 3.88. The SMILES string of the molecule is Cc1cccc(SCCCOc2ccc(C#N)cc2)c1. The average Bonchev–Trinajstić information content (AvgIpc) is 2.48. The van der Waals surface area contributed by atoms with Gasteiger partial charge in [-0.3, -0.25) is 0 Å². The van der Waals surface area contributed by atoms with Crippen molar-refractivity contribution in [3.8, 4) is 11.8 Å². The van der Waals surface area contributed by atoms with Crippen LogP contribution in [0.5, 0.6) is 5.75 Å². The van der Waals surface area contributed by atoms with Crippen molar-refractivity contribution < 1.29 is 4.74 Å². The van der Waals surface area contributed by atoms with Gasteiger partial charge in [-0.25, -0.2) is 0 Å². The summed E-state index contributed by atoms with van der Waals surface area (Å²) in [5, 5.41) is 8.71. The van der Waals surface area contributed by atoms with Gasteiger partial charge in [0.25, 0.3) is 0 Å². The highest BCUT2D eigenvalue weighted by Crippen LogP contribution is 2.20. The molecule has 0 bridgehead atoms. The van der Waals surface area contributed by atoms with Crippen molar-refractivity contribution >= 4 is 11.8 Å². The van der Waals surface area contributed by atoms with E-state index in [1.54, 1.807) is 12.1 Å². The fraction of sp³-hybridized carbons (Fsp3) is 0.235. The van der Waals surface area contributed by atoms with E-state index in [4.69, 9.17) is 10.00 Å².